The highest BCUT2D eigenvalue weighted by atomic mass is 16.5. The number of likely N-dealkylation sites (tertiary alicyclic amines) is 1. The molecule has 4 aromatic rings. The first kappa shape index (κ1) is 25.5. The number of amides is 1. The quantitative estimate of drug-likeness (QED) is 0.410. The van der Waals surface area contributed by atoms with E-state index in [0.717, 1.165) is 24.1 Å². The summed E-state index contributed by atoms with van der Waals surface area (Å²) in [6, 6.07) is 14.0. The minimum absolute atomic E-state index is 0.197. The van der Waals surface area contributed by atoms with E-state index in [9.17, 15) is 9.90 Å². The Hall–Kier alpha value is -3.79. The average molecular weight is 528 g/mol. The van der Waals surface area contributed by atoms with Crippen LogP contribution in [0.1, 0.15) is 46.6 Å². The molecule has 9 heteroatoms. The lowest BCUT2D eigenvalue weighted by Gasteiger charge is -2.48. The van der Waals surface area contributed by atoms with Crippen molar-refractivity contribution in [1.82, 2.24) is 24.6 Å². The van der Waals surface area contributed by atoms with E-state index in [1.807, 2.05) is 47.9 Å². The number of ether oxygens (including phenoxy) is 2. The summed E-state index contributed by atoms with van der Waals surface area (Å²) in [7, 11) is 3.26. The van der Waals surface area contributed by atoms with Gasteiger partial charge in [0.05, 0.1) is 24.9 Å². The minimum atomic E-state index is -0.687. The van der Waals surface area contributed by atoms with Crippen LogP contribution in [-0.4, -0.2) is 69.2 Å². The van der Waals surface area contributed by atoms with E-state index in [4.69, 9.17) is 14.5 Å². The lowest BCUT2D eigenvalue weighted by atomic mass is 9.76. The second-order valence-corrected chi connectivity index (χ2v) is 10.4. The number of carbonyl (C=O) groups excluding carboxylic acids is 1. The second-order valence-electron chi connectivity index (χ2n) is 10.4. The van der Waals surface area contributed by atoms with Gasteiger partial charge in [-0.05, 0) is 49.1 Å². The fourth-order valence-electron chi connectivity index (χ4n) is 5.87. The molecule has 1 aromatic carbocycles. The number of imidazole rings is 1. The number of fused-ring (bicyclic) bond motifs is 2. The third kappa shape index (κ3) is 4.46. The first-order valence-electron chi connectivity index (χ1n) is 13.3. The van der Waals surface area contributed by atoms with Crippen LogP contribution >= 0.6 is 0 Å². The van der Waals surface area contributed by atoms with E-state index in [0.29, 0.717) is 35.8 Å². The second kappa shape index (κ2) is 10.1. The molecule has 9 nitrogen and oxygen atoms in total. The van der Waals surface area contributed by atoms with Crippen LogP contribution in [0.15, 0.2) is 61.1 Å². The predicted octanol–water partition coefficient (Wildman–Crippen LogP) is 3.40. The SMILES string of the molecule is COc1cccnc1-c1cc([C@@H](C)OC)c2nc(C(=O)N3CC[C@]4(Cc5ccccc5CN4)[C@H](O)C3)cn2c1. The monoisotopic (exact) mass is 527 g/mol. The number of β-amino-alcohol motifs (C(OH)–C–C–N with tert-alkyl or cyclic N) is 1. The number of nitrogens with zero attached hydrogens (tertiary/aromatic N) is 4. The number of pyridine rings is 2. The van der Waals surface area contributed by atoms with Crippen molar-refractivity contribution < 1.29 is 19.4 Å². The van der Waals surface area contributed by atoms with Crippen molar-refractivity contribution in [3.05, 3.63) is 83.4 Å². The van der Waals surface area contributed by atoms with Crippen LogP contribution in [0.5, 0.6) is 5.75 Å². The van der Waals surface area contributed by atoms with Crippen molar-refractivity contribution in [2.24, 2.45) is 0 Å². The van der Waals surface area contributed by atoms with Gasteiger partial charge in [-0.2, -0.15) is 0 Å². The van der Waals surface area contributed by atoms with E-state index in [1.165, 1.54) is 11.1 Å². The van der Waals surface area contributed by atoms with Crippen LogP contribution in [0.3, 0.4) is 0 Å². The third-order valence-electron chi connectivity index (χ3n) is 8.26. The number of hydrogen-bond acceptors (Lipinski definition) is 7. The van der Waals surface area contributed by atoms with E-state index >= 15 is 0 Å². The normalized spacial score (nSPS) is 21.6. The van der Waals surface area contributed by atoms with Crippen LogP contribution in [0.4, 0.5) is 0 Å². The summed E-state index contributed by atoms with van der Waals surface area (Å²) in [5.41, 5.74) is 5.43. The molecule has 0 radical (unpaired) electrons. The molecule has 1 fully saturated rings. The summed E-state index contributed by atoms with van der Waals surface area (Å²) >= 11 is 0. The molecule has 2 aliphatic rings. The smallest absolute Gasteiger partial charge is 0.274 e. The van der Waals surface area contributed by atoms with Gasteiger partial charge in [0.2, 0.25) is 0 Å². The van der Waals surface area contributed by atoms with Crippen molar-refractivity contribution >= 4 is 11.6 Å². The minimum Gasteiger partial charge on any atom is -0.494 e. The summed E-state index contributed by atoms with van der Waals surface area (Å²) in [5, 5.41) is 14.8. The maximum atomic E-state index is 13.6. The van der Waals surface area contributed by atoms with Gasteiger partial charge in [0.1, 0.15) is 22.8 Å². The molecule has 5 heterocycles. The Bertz CT molecular complexity index is 1540. The highest BCUT2D eigenvalue weighted by Gasteiger charge is 2.45. The molecule has 202 valence electrons. The van der Waals surface area contributed by atoms with E-state index in [-0.39, 0.29) is 18.6 Å². The zero-order valence-corrected chi connectivity index (χ0v) is 22.4. The van der Waals surface area contributed by atoms with Crippen LogP contribution < -0.4 is 10.1 Å². The maximum absolute atomic E-state index is 13.6. The van der Waals surface area contributed by atoms with Crippen molar-refractivity contribution in [3.63, 3.8) is 0 Å². The largest absolute Gasteiger partial charge is 0.494 e. The van der Waals surface area contributed by atoms with E-state index in [2.05, 4.69) is 22.4 Å². The molecule has 2 N–H and O–H groups in total. The fourth-order valence-corrected chi connectivity index (χ4v) is 5.87. The number of methoxy groups -OCH3 is 2. The Labute approximate surface area is 227 Å². The molecule has 1 spiro atoms. The summed E-state index contributed by atoms with van der Waals surface area (Å²) in [5.74, 6) is 0.455. The molecule has 3 aromatic heterocycles. The third-order valence-corrected chi connectivity index (χ3v) is 8.26. The molecule has 0 aliphatic carbocycles. The zero-order chi connectivity index (χ0) is 27.1. The molecular formula is C30H33N5O4. The molecule has 6 rings (SSSR count). The number of aliphatic hydroxyl groups is 1. The molecular weight excluding hydrogens is 494 g/mol. The summed E-state index contributed by atoms with van der Waals surface area (Å²) < 4.78 is 13.0. The summed E-state index contributed by atoms with van der Waals surface area (Å²) in [6.45, 7) is 3.45. The first-order valence-corrected chi connectivity index (χ1v) is 13.3. The Morgan fingerprint density at radius 2 is 2.00 bits per heavy atom. The Balaban J connectivity index is 1.29. The molecule has 0 bridgehead atoms. The molecule has 0 saturated carbocycles. The van der Waals surface area contributed by atoms with Gasteiger partial charge in [0, 0.05) is 56.5 Å². The van der Waals surface area contributed by atoms with Crippen LogP contribution in [-0.2, 0) is 17.7 Å². The predicted molar refractivity (Wildman–Crippen MR) is 147 cm³/mol. The average Bonchev–Trinajstić information content (AvgIpc) is 3.41. The van der Waals surface area contributed by atoms with E-state index < -0.39 is 11.6 Å². The number of nitrogens with one attached hydrogen (secondary N) is 1. The van der Waals surface area contributed by atoms with Crippen molar-refractivity contribution in [1.29, 1.82) is 0 Å². The highest BCUT2D eigenvalue weighted by molar-refractivity contribution is 5.93. The first-order chi connectivity index (χ1) is 18.9. The van der Waals surface area contributed by atoms with Gasteiger partial charge in [0.25, 0.3) is 5.91 Å². The van der Waals surface area contributed by atoms with Gasteiger partial charge < -0.3 is 29.2 Å². The van der Waals surface area contributed by atoms with Gasteiger partial charge in [-0.1, -0.05) is 24.3 Å². The number of aromatic nitrogens is 3. The molecule has 1 saturated heterocycles. The zero-order valence-electron chi connectivity index (χ0n) is 22.4. The summed E-state index contributed by atoms with van der Waals surface area (Å²) in [4.78, 5) is 24.6. The number of piperidine rings is 1. The van der Waals surface area contributed by atoms with Crippen LogP contribution in [0.2, 0.25) is 0 Å². The van der Waals surface area contributed by atoms with Crippen molar-refractivity contribution in [2.75, 3.05) is 27.3 Å². The Morgan fingerprint density at radius 3 is 2.77 bits per heavy atom. The summed E-state index contributed by atoms with van der Waals surface area (Å²) in [6.07, 6.45) is 5.83. The topological polar surface area (TPSA) is 101 Å². The molecule has 2 aliphatic heterocycles. The number of rotatable bonds is 5. The van der Waals surface area contributed by atoms with Gasteiger partial charge in [0.15, 0.2) is 0 Å². The van der Waals surface area contributed by atoms with Gasteiger partial charge in [-0.25, -0.2) is 4.98 Å². The lowest BCUT2D eigenvalue weighted by Crippen LogP contribution is -2.65. The lowest BCUT2D eigenvalue weighted by molar-refractivity contribution is -0.0140. The van der Waals surface area contributed by atoms with Crippen LogP contribution in [0.25, 0.3) is 16.9 Å². The Kier molecular flexibility index (Phi) is 6.58. The number of aliphatic hydroxyl groups excluding tert-OH is 1. The number of carbonyl (C=O) groups is 1. The molecule has 1 amide bonds. The van der Waals surface area contributed by atoms with Crippen molar-refractivity contribution in [2.45, 2.75) is 44.1 Å². The standard InChI is InChI=1S/C30H33N5O4/c1-19(38-2)23-13-22(27-25(39-3)9-6-11-31-27)16-35-17-24(33-28(23)35)29(37)34-12-10-30(26(36)18-34)14-20-7-4-5-8-21(20)15-32-30/h4-9,11,13,16-17,19,26,32,36H,10,12,14-15,18H2,1-3H3/t19-,26-,30+/m1/s1. The molecule has 0 unspecified atom stereocenters. The van der Waals surface area contributed by atoms with Gasteiger partial charge >= 0.3 is 0 Å². The Morgan fingerprint density at radius 1 is 1.18 bits per heavy atom. The van der Waals surface area contributed by atoms with E-state index in [1.54, 1.807) is 31.5 Å². The number of benzene rings is 1. The highest BCUT2D eigenvalue weighted by Crippen LogP contribution is 2.34. The van der Waals surface area contributed by atoms with Gasteiger partial charge in [-0.3, -0.25) is 9.78 Å². The maximum Gasteiger partial charge on any atom is 0.274 e. The fraction of sp³-hybridized carbons (Fsp3) is 0.367. The van der Waals surface area contributed by atoms with Crippen LogP contribution in [0, 0.1) is 0 Å². The molecule has 3 atom stereocenters. The molecule has 39 heavy (non-hydrogen) atoms. The van der Waals surface area contributed by atoms with Crippen molar-refractivity contribution in [3.8, 4) is 17.0 Å². The number of hydrogen-bond donors (Lipinski definition) is 2. The van der Waals surface area contributed by atoms with Gasteiger partial charge in [-0.15, -0.1) is 0 Å².